The number of hydrogen-bond acceptors (Lipinski definition) is 0. The van der Waals surface area contributed by atoms with Crippen LogP contribution < -0.4 is 0 Å². The lowest BCUT2D eigenvalue weighted by molar-refractivity contribution is 0.627. The highest BCUT2D eigenvalue weighted by molar-refractivity contribution is 6.78. The van der Waals surface area contributed by atoms with Crippen molar-refractivity contribution in [3.8, 4) is 0 Å². The SMILES string of the molecule is C=[C](c1ccc(F)cc1)[Al]([CH2]C(C)C)[CH2]C(C)C. The maximum Gasteiger partial charge on any atom is 0.306 e. The molecular formula is C16H24AlF. The van der Waals surface area contributed by atoms with E-state index in [1.165, 1.54) is 27.1 Å². The van der Waals surface area contributed by atoms with Gasteiger partial charge in [0.25, 0.3) is 0 Å². The van der Waals surface area contributed by atoms with Crippen molar-refractivity contribution in [2.45, 2.75) is 38.3 Å². The summed E-state index contributed by atoms with van der Waals surface area (Å²) >= 11 is -1.00. The Bertz CT molecular complexity index is 369. The van der Waals surface area contributed by atoms with Gasteiger partial charge in [-0.25, -0.2) is 4.39 Å². The fourth-order valence-electron chi connectivity index (χ4n) is 2.42. The van der Waals surface area contributed by atoms with Crippen LogP contribution in [0.4, 0.5) is 4.39 Å². The van der Waals surface area contributed by atoms with Gasteiger partial charge in [0, 0.05) is 0 Å². The summed E-state index contributed by atoms with van der Waals surface area (Å²) in [5, 5.41) is 2.57. The lowest BCUT2D eigenvalue weighted by Gasteiger charge is -2.19. The van der Waals surface area contributed by atoms with Crippen LogP contribution in [0.1, 0.15) is 33.3 Å². The molecule has 0 aliphatic carbocycles. The fraction of sp³-hybridized carbons (Fsp3) is 0.500. The zero-order valence-corrected chi connectivity index (χ0v) is 13.2. The molecule has 0 spiro atoms. The highest BCUT2D eigenvalue weighted by Gasteiger charge is 2.24. The Labute approximate surface area is 115 Å². The minimum absolute atomic E-state index is 0.169. The first-order valence-electron chi connectivity index (χ1n) is 6.84. The van der Waals surface area contributed by atoms with E-state index in [1.54, 1.807) is 0 Å². The Balaban J connectivity index is 2.83. The summed E-state index contributed by atoms with van der Waals surface area (Å²) in [5.41, 5.74) is 1.13. The van der Waals surface area contributed by atoms with E-state index in [0.29, 0.717) is 0 Å². The maximum absolute atomic E-state index is 13.0. The van der Waals surface area contributed by atoms with E-state index < -0.39 is 14.1 Å². The molecule has 1 aromatic carbocycles. The summed E-state index contributed by atoms with van der Waals surface area (Å²) in [6, 6.07) is 6.82. The fourth-order valence-corrected chi connectivity index (χ4v) is 6.12. The zero-order valence-electron chi connectivity index (χ0n) is 12.0. The summed E-state index contributed by atoms with van der Waals surface area (Å²) in [5.74, 6) is 1.27. The lowest BCUT2D eigenvalue weighted by atomic mass is 10.2. The number of halogens is 1. The lowest BCUT2D eigenvalue weighted by Crippen LogP contribution is -2.19. The molecule has 0 fully saturated rings. The monoisotopic (exact) mass is 262 g/mol. The molecule has 0 aliphatic rings. The van der Waals surface area contributed by atoms with Crippen LogP contribution in [0.5, 0.6) is 0 Å². The molecule has 0 bridgehead atoms. The molecule has 1 aromatic rings. The van der Waals surface area contributed by atoms with Crippen LogP contribution in [0.3, 0.4) is 0 Å². The van der Waals surface area contributed by atoms with Gasteiger partial charge in [0.2, 0.25) is 0 Å². The van der Waals surface area contributed by atoms with Gasteiger partial charge in [0.15, 0.2) is 0 Å². The Morgan fingerprint density at radius 3 is 1.89 bits per heavy atom. The average Bonchev–Trinajstić information content (AvgIpc) is 2.27. The quantitative estimate of drug-likeness (QED) is 0.619. The molecule has 0 saturated heterocycles. The predicted molar refractivity (Wildman–Crippen MR) is 80.5 cm³/mol. The molecule has 0 aliphatic heterocycles. The van der Waals surface area contributed by atoms with E-state index in [0.717, 1.165) is 17.4 Å². The summed E-state index contributed by atoms with van der Waals surface area (Å²) in [6.45, 7) is 13.4. The molecule has 2 heteroatoms. The maximum atomic E-state index is 13.0. The van der Waals surface area contributed by atoms with Crippen molar-refractivity contribution >= 4 is 18.6 Å². The normalized spacial score (nSPS) is 11.1. The molecule has 0 nitrogen and oxygen atoms in total. The second-order valence-corrected chi connectivity index (χ2v) is 9.02. The van der Waals surface area contributed by atoms with Gasteiger partial charge in [-0.2, -0.15) is 0 Å². The molecule has 1 rings (SSSR count). The Hall–Kier alpha value is -0.578. The van der Waals surface area contributed by atoms with Crippen LogP contribution in [-0.2, 0) is 0 Å². The molecule has 18 heavy (non-hydrogen) atoms. The van der Waals surface area contributed by atoms with Gasteiger partial charge in [-0.3, -0.25) is 0 Å². The molecule has 0 saturated carbocycles. The minimum atomic E-state index is -1.00. The van der Waals surface area contributed by atoms with Crippen molar-refractivity contribution in [1.29, 1.82) is 0 Å². The van der Waals surface area contributed by atoms with Gasteiger partial charge < -0.3 is 0 Å². The number of rotatable bonds is 6. The van der Waals surface area contributed by atoms with Crippen molar-refractivity contribution in [1.82, 2.24) is 0 Å². The van der Waals surface area contributed by atoms with E-state index in [1.807, 2.05) is 12.1 Å². The second kappa shape index (κ2) is 7.12. The van der Waals surface area contributed by atoms with Crippen molar-refractivity contribution in [2.24, 2.45) is 11.8 Å². The minimum Gasteiger partial charge on any atom is -0.207 e. The first-order valence-corrected chi connectivity index (χ1v) is 9.06. The third-order valence-corrected chi connectivity index (χ3v) is 7.56. The summed E-state index contributed by atoms with van der Waals surface area (Å²) in [6.07, 6.45) is 0. The Morgan fingerprint density at radius 1 is 1.06 bits per heavy atom. The van der Waals surface area contributed by atoms with Crippen LogP contribution in [0.25, 0.3) is 4.44 Å². The van der Waals surface area contributed by atoms with Crippen molar-refractivity contribution in [2.75, 3.05) is 0 Å². The number of benzene rings is 1. The molecule has 0 N–H and O–H groups in total. The molecule has 0 radical (unpaired) electrons. The van der Waals surface area contributed by atoms with Crippen LogP contribution in [0, 0.1) is 17.7 Å². The Kier molecular flexibility index (Phi) is 6.12. The van der Waals surface area contributed by atoms with E-state index >= 15 is 0 Å². The van der Waals surface area contributed by atoms with E-state index in [4.69, 9.17) is 0 Å². The van der Waals surface area contributed by atoms with Crippen molar-refractivity contribution < 1.29 is 4.39 Å². The van der Waals surface area contributed by atoms with Crippen LogP contribution in [0.15, 0.2) is 30.8 Å². The van der Waals surface area contributed by atoms with E-state index in [9.17, 15) is 4.39 Å². The molecule has 0 unspecified atom stereocenters. The van der Waals surface area contributed by atoms with Gasteiger partial charge in [0.1, 0.15) is 5.82 Å². The predicted octanol–water partition coefficient (Wildman–Crippen LogP) is 5.18. The number of hydrogen-bond donors (Lipinski definition) is 0. The second-order valence-electron chi connectivity index (χ2n) is 5.99. The Morgan fingerprint density at radius 2 is 1.50 bits per heavy atom. The highest BCUT2D eigenvalue weighted by Crippen LogP contribution is 2.26. The first kappa shape index (κ1) is 15.5. The summed E-state index contributed by atoms with van der Waals surface area (Å²) in [4.78, 5) is 0. The molecule has 0 atom stereocenters. The van der Waals surface area contributed by atoms with Crippen LogP contribution >= 0.6 is 0 Å². The average molecular weight is 262 g/mol. The van der Waals surface area contributed by atoms with Gasteiger partial charge in [-0.15, -0.1) is 11.0 Å². The molecule has 98 valence electrons. The third kappa shape index (κ3) is 4.96. The third-order valence-electron chi connectivity index (χ3n) is 3.22. The van der Waals surface area contributed by atoms with Crippen LogP contribution in [0.2, 0.25) is 10.6 Å². The van der Waals surface area contributed by atoms with Gasteiger partial charge in [-0.05, 0) is 17.7 Å². The van der Waals surface area contributed by atoms with Crippen molar-refractivity contribution in [3.05, 3.63) is 42.2 Å². The highest BCUT2D eigenvalue weighted by atomic mass is 27.2. The summed E-state index contributed by atoms with van der Waals surface area (Å²) < 4.78 is 14.2. The van der Waals surface area contributed by atoms with Gasteiger partial charge >= 0.3 is 14.1 Å². The largest absolute Gasteiger partial charge is 0.306 e. The molecule has 0 aromatic heterocycles. The first-order chi connectivity index (χ1) is 8.40. The molecule has 0 heterocycles. The smallest absolute Gasteiger partial charge is 0.207 e. The summed E-state index contributed by atoms with van der Waals surface area (Å²) in [7, 11) is 0. The standard InChI is InChI=1S/C8H6F.2C4H9.Al/c1-2-7-3-5-8(9)6-4-7;2*1-4(2)3;/h3-6H,1H2;2*4H,1H2,2-3H3;. The van der Waals surface area contributed by atoms with Gasteiger partial charge in [0.05, 0.1) is 0 Å². The van der Waals surface area contributed by atoms with Crippen molar-refractivity contribution in [3.63, 3.8) is 0 Å². The molecule has 0 amide bonds. The van der Waals surface area contributed by atoms with Crippen LogP contribution in [-0.4, -0.2) is 14.1 Å². The van der Waals surface area contributed by atoms with E-state index in [-0.39, 0.29) is 5.82 Å². The topological polar surface area (TPSA) is 0 Å². The van der Waals surface area contributed by atoms with E-state index in [2.05, 4.69) is 34.3 Å². The van der Waals surface area contributed by atoms with Gasteiger partial charge in [-0.1, -0.05) is 62.2 Å². The molecular weight excluding hydrogens is 238 g/mol. The zero-order chi connectivity index (χ0) is 13.7.